The van der Waals surface area contributed by atoms with Crippen LogP contribution in [-0.4, -0.2) is 11.0 Å². The van der Waals surface area contributed by atoms with Crippen molar-refractivity contribution >= 4 is 11.6 Å². The molecule has 21 heavy (non-hydrogen) atoms. The maximum atomic E-state index is 13.9. The van der Waals surface area contributed by atoms with Crippen molar-refractivity contribution in [2.45, 2.75) is 20.0 Å². The Morgan fingerprint density at radius 2 is 1.86 bits per heavy atom. The number of hydrogen-bond donors (Lipinski definition) is 2. The molecule has 2 rings (SSSR count). The zero-order chi connectivity index (χ0) is 15.6. The standard InChI is InChI=1S/C16H15F2NO2/c1-9-7-8-12(17)14(15(9)18)16(21)19-13-6-4-3-5-11(13)10(2)20/h3-8,10,20H,1-2H3,(H,19,21). The van der Waals surface area contributed by atoms with E-state index in [0.717, 1.165) is 6.07 Å². The third-order valence-corrected chi connectivity index (χ3v) is 3.17. The first-order valence-corrected chi connectivity index (χ1v) is 6.44. The van der Waals surface area contributed by atoms with Crippen molar-refractivity contribution in [3.63, 3.8) is 0 Å². The van der Waals surface area contributed by atoms with Gasteiger partial charge in [-0.25, -0.2) is 8.78 Å². The molecule has 0 radical (unpaired) electrons. The molecule has 0 fully saturated rings. The second kappa shape index (κ2) is 6.01. The van der Waals surface area contributed by atoms with Gasteiger partial charge in [0.15, 0.2) is 0 Å². The van der Waals surface area contributed by atoms with Gasteiger partial charge in [-0.2, -0.15) is 0 Å². The molecule has 0 saturated carbocycles. The summed E-state index contributed by atoms with van der Waals surface area (Å²) < 4.78 is 27.6. The molecule has 0 aliphatic rings. The fourth-order valence-corrected chi connectivity index (χ4v) is 2.02. The summed E-state index contributed by atoms with van der Waals surface area (Å²) in [5.41, 5.74) is 0.345. The molecule has 110 valence electrons. The molecule has 0 heterocycles. The molecular formula is C16H15F2NO2. The quantitative estimate of drug-likeness (QED) is 0.908. The molecule has 2 aromatic rings. The minimum absolute atomic E-state index is 0.186. The molecule has 1 unspecified atom stereocenters. The van der Waals surface area contributed by atoms with E-state index in [4.69, 9.17) is 0 Å². The maximum absolute atomic E-state index is 13.9. The van der Waals surface area contributed by atoms with Gasteiger partial charge in [0.05, 0.1) is 6.10 Å². The van der Waals surface area contributed by atoms with Crippen molar-refractivity contribution in [3.05, 3.63) is 64.7 Å². The summed E-state index contributed by atoms with van der Waals surface area (Å²) >= 11 is 0. The Kier molecular flexibility index (Phi) is 4.33. The second-order valence-electron chi connectivity index (χ2n) is 4.77. The molecule has 2 aromatic carbocycles. The summed E-state index contributed by atoms with van der Waals surface area (Å²) in [5.74, 6) is -2.70. The molecule has 1 atom stereocenters. The van der Waals surface area contributed by atoms with E-state index in [9.17, 15) is 18.7 Å². The van der Waals surface area contributed by atoms with Crippen LogP contribution in [0.5, 0.6) is 0 Å². The molecule has 2 N–H and O–H groups in total. The Hall–Kier alpha value is -2.27. The number of para-hydroxylation sites is 1. The molecular weight excluding hydrogens is 276 g/mol. The summed E-state index contributed by atoms with van der Waals surface area (Å²) in [4.78, 5) is 12.1. The van der Waals surface area contributed by atoms with Gasteiger partial charge >= 0.3 is 0 Å². The van der Waals surface area contributed by atoms with Crippen LogP contribution in [0.25, 0.3) is 0 Å². The van der Waals surface area contributed by atoms with E-state index >= 15 is 0 Å². The van der Waals surface area contributed by atoms with Crippen molar-refractivity contribution in [1.82, 2.24) is 0 Å². The van der Waals surface area contributed by atoms with Gasteiger partial charge in [-0.3, -0.25) is 4.79 Å². The number of rotatable bonds is 3. The van der Waals surface area contributed by atoms with E-state index in [1.807, 2.05) is 0 Å². The van der Waals surface area contributed by atoms with Crippen LogP contribution in [0.15, 0.2) is 36.4 Å². The number of anilines is 1. The van der Waals surface area contributed by atoms with Gasteiger partial charge in [0.25, 0.3) is 5.91 Å². The average molecular weight is 291 g/mol. The fraction of sp³-hybridized carbons (Fsp3) is 0.188. The highest BCUT2D eigenvalue weighted by Crippen LogP contribution is 2.24. The first-order valence-electron chi connectivity index (χ1n) is 6.44. The lowest BCUT2D eigenvalue weighted by molar-refractivity contribution is 0.101. The molecule has 0 aromatic heterocycles. The predicted molar refractivity (Wildman–Crippen MR) is 76.1 cm³/mol. The van der Waals surface area contributed by atoms with E-state index in [2.05, 4.69) is 5.32 Å². The number of aryl methyl sites for hydroxylation is 1. The van der Waals surface area contributed by atoms with Crippen LogP contribution in [0.4, 0.5) is 14.5 Å². The van der Waals surface area contributed by atoms with Gasteiger partial charge < -0.3 is 10.4 Å². The number of carbonyl (C=O) groups excluding carboxylic acids is 1. The van der Waals surface area contributed by atoms with Crippen LogP contribution in [0.2, 0.25) is 0 Å². The summed E-state index contributed by atoms with van der Waals surface area (Å²) in [5, 5.41) is 12.1. The summed E-state index contributed by atoms with van der Waals surface area (Å²) in [6, 6.07) is 8.86. The van der Waals surface area contributed by atoms with Crippen LogP contribution in [-0.2, 0) is 0 Å². The number of benzene rings is 2. The van der Waals surface area contributed by atoms with Gasteiger partial charge in [0.1, 0.15) is 17.2 Å². The largest absolute Gasteiger partial charge is 0.389 e. The maximum Gasteiger partial charge on any atom is 0.261 e. The minimum atomic E-state index is -0.926. The first-order chi connectivity index (χ1) is 9.91. The highest BCUT2D eigenvalue weighted by atomic mass is 19.1. The lowest BCUT2D eigenvalue weighted by Crippen LogP contribution is -2.18. The van der Waals surface area contributed by atoms with E-state index in [0.29, 0.717) is 11.3 Å². The Labute approximate surface area is 121 Å². The lowest BCUT2D eigenvalue weighted by atomic mass is 10.1. The molecule has 0 spiro atoms. The summed E-state index contributed by atoms with van der Waals surface area (Å²) in [6.45, 7) is 2.99. The molecule has 0 bridgehead atoms. The van der Waals surface area contributed by atoms with Gasteiger partial charge in [0, 0.05) is 11.3 Å². The zero-order valence-electron chi connectivity index (χ0n) is 11.7. The number of nitrogens with one attached hydrogen (secondary N) is 1. The molecule has 0 aliphatic carbocycles. The Morgan fingerprint density at radius 3 is 2.52 bits per heavy atom. The number of aliphatic hydroxyl groups is 1. The first kappa shape index (κ1) is 15.1. The number of aliphatic hydroxyl groups excluding tert-OH is 1. The Morgan fingerprint density at radius 1 is 1.19 bits per heavy atom. The molecule has 1 amide bonds. The van der Waals surface area contributed by atoms with Crippen molar-refractivity contribution in [1.29, 1.82) is 0 Å². The monoisotopic (exact) mass is 291 g/mol. The van der Waals surface area contributed by atoms with E-state index in [-0.39, 0.29) is 5.56 Å². The van der Waals surface area contributed by atoms with E-state index in [1.54, 1.807) is 31.2 Å². The van der Waals surface area contributed by atoms with Crippen molar-refractivity contribution in [2.75, 3.05) is 5.32 Å². The lowest BCUT2D eigenvalue weighted by Gasteiger charge is -2.14. The van der Waals surface area contributed by atoms with Crippen LogP contribution in [0.3, 0.4) is 0 Å². The van der Waals surface area contributed by atoms with Gasteiger partial charge in [-0.1, -0.05) is 24.3 Å². The summed E-state index contributed by atoms with van der Waals surface area (Å²) in [7, 11) is 0. The third kappa shape index (κ3) is 3.08. The van der Waals surface area contributed by atoms with Crippen LogP contribution < -0.4 is 5.32 Å². The Balaban J connectivity index is 2.38. The van der Waals surface area contributed by atoms with Gasteiger partial charge in [-0.15, -0.1) is 0 Å². The molecule has 0 saturated heterocycles. The van der Waals surface area contributed by atoms with Crippen LogP contribution >= 0.6 is 0 Å². The van der Waals surface area contributed by atoms with Crippen LogP contribution in [0, 0.1) is 18.6 Å². The van der Waals surface area contributed by atoms with Crippen molar-refractivity contribution < 1.29 is 18.7 Å². The van der Waals surface area contributed by atoms with E-state index < -0.39 is 29.2 Å². The Bertz CT molecular complexity index is 684. The van der Waals surface area contributed by atoms with Crippen molar-refractivity contribution in [2.24, 2.45) is 0 Å². The minimum Gasteiger partial charge on any atom is -0.389 e. The predicted octanol–water partition coefficient (Wildman–Crippen LogP) is 3.58. The molecule has 0 aliphatic heterocycles. The highest BCUT2D eigenvalue weighted by molar-refractivity contribution is 6.05. The number of carbonyl (C=O) groups is 1. The second-order valence-corrected chi connectivity index (χ2v) is 4.77. The van der Waals surface area contributed by atoms with E-state index in [1.165, 1.54) is 13.0 Å². The number of hydrogen-bond acceptors (Lipinski definition) is 2. The molecule has 5 heteroatoms. The van der Waals surface area contributed by atoms with Gasteiger partial charge in [-0.05, 0) is 31.5 Å². The zero-order valence-corrected chi connectivity index (χ0v) is 11.7. The topological polar surface area (TPSA) is 49.3 Å². The third-order valence-electron chi connectivity index (χ3n) is 3.17. The highest BCUT2D eigenvalue weighted by Gasteiger charge is 2.20. The van der Waals surface area contributed by atoms with Crippen molar-refractivity contribution in [3.8, 4) is 0 Å². The SMILES string of the molecule is Cc1ccc(F)c(C(=O)Nc2ccccc2C(C)O)c1F. The molecule has 3 nitrogen and oxygen atoms in total. The number of amides is 1. The average Bonchev–Trinajstić information content (AvgIpc) is 2.43. The van der Waals surface area contributed by atoms with Gasteiger partial charge in [0.2, 0.25) is 0 Å². The smallest absolute Gasteiger partial charge is 0.261 e. The number of halogens is 2. The fourth-order valence-electron chi connectivity index (χ4n) is 2.02. The normalized spacial score (nSPS) is 12.0. The van der Waals surface area contributed by atoms with Crippen LogP contribution in [0.1, 0.15) is 34.5 Å². The summed E-state index contributed by atoms with van der Waals surface area (Å²) in [6.07, 6.45) is -0.811.